The van der Waals surface area contributed by atoms with E-state index < -0.39 is 17.7 Å². The molecule has 6 nitrogen and oxygen atoms in total. The first kappa shape index (κ1) is 23.0. The molecule has 5 rings (SSSR count). The number of carbonyl (C=O) groups excluding carboxylic acids is 2. The van der Waals surface area contributed by atoms with Crippen molar-refractivity contribution in [3.8, 4) is 10.6 Å². The number of nitrogens with zero attached hydrogens (tertiary/aromatic N) is 3. The number of anilines is 2. The highest BCUT2D eigenvalue weighted by molar-refractivity contribution is 7.17. The molecule has 2 aromatic heterocycles. The number of Topliss-reactive ketones (excluding diaryl/α,β-unsaturated/α-hetero) is 1. The lowest BCUT2D eigenvalue weighted by molar-refractivity contribution is -0.117. The topological polar surface area (TPSA) is 73.7 Å². The maximum Gasteiger partial charge on any atom is 0.294 e. The first-order valence-electron chi connectivity index (χ1n) is 11.0. The maximum absolute atomic E-state index is 13.9. The van der Waals surface area contributed by atoms with Gasteiger partial charge in [-0.3, -0.25) is 14.5 Å². The predicted octanol–water partition coefficient (Wildman–Crippen LogP) is 6.03. The summed E-state index contributed by atoms with van der Waals surface area (Å²) in [6.45, 7) is 1.78. The second kappa shape index (κ2) is 9.13. The minimum atomic E-state index is -0.720. The number of hydrogen-bond acceptors (Lipinski definition) is 7. The van der Waals surface area contributed by atoms with Gasteiger partial charge < -0.3 is 10.0 Å². The number of thiazole rings is 1. The van der Waals surface area contributed by atoms with E-state index in [2.05, 4.69) is 4.98 Å². The number of aliphatic hydroxyl groups excluding tert-OH is 1. The Balaban J connectivity index is 1.58. The fourth-order valence-electron chi connectivity index (χ4n) is 4.16. The normalized spacial score (nSPS) is 15.7. The molecule has 35 heavy (non-hydrogen) atoms. The fourth-order valence-corrected chi connectivity index (χ4v) is 6.01. The monoisotopic (exact) mass is 501 g/mol. The van der Waals surface area contributed by atoms with E-state index in [1.165, 1.54) is 27.6 Å². The molecule has 2 aromatic carbocycles. The van der Waals surface area contributed by atoms with Gasteiger partial charge in [0.1, 0.15) is 11.0 Å². The highest BCUT2D eigenvalue weighted by Gasteiger charge is 2.45. The average molecular weight is 502 g/mol. The second-order valence-corrected chi connectivity index (χ2v) is 10.4. The zero-order chi connectivity index (χ0) is 24.7. The summed E-state index contributed by atoms with van der Waals surface area (Å²) in [5, 5.41) is 13.6. The quantitative estimate of drug-likeness (QED) is 0.327. The number of aryl methyl sites for hydroxylation is 1. The van der Waals surface area contributed by atoms with Crippen LogP contribution >= 0.6 is 22.7 Å². The van der Waals surface area contributed by atoms with Crippen LogP contribution in [0.3, 0.4) is 0 Å². The molecule has 1 aliphatic heterocycles. The van der Waals surface area contributed by atoms with E-state index in [-0.39, 0.29) is 11.4 Å². The number of thiophene rings is 1. The highest BCUT2D eigenvalue weighted by atomic mass is 32.1. The number of ketones is 1. The Labute approximate surface area is 211 Å². The molecule has 8 heteroatoms. The van der Waals surface area contributed by atoms with Crippen molar-refractivity contribution in [1.29, 1.82) is 0 Å². The lowest BCUT2D eigenvalue weighted by Gasteiger charge is -2.26. The number of aliphatic hydroxyl groups is 1. The Morgan fingerprint density at radius 3 is 2.37 bits per heavy atom. The summed E-state index contributed by atoms with van der Waals surface area (Å²) in [6.07, 6.45) is 0. The zero-order valence-electron chi connectivity index (χ0n) is 19.4. The summed E-state index contributed by atoms with van der Waals surface area (Å²) in [4.78, 5) is 36.5. The summed E-state index contributed by atoms with van der Waals surface area (Å²) in [7, 11) is 3.88. The number of aromatic nitrogens is 1. The lowest BCUT2D eigenvalue weighted by Crippen LogP contribution is -2.30. The third-order valence-corrected chi connectivity index (χ3v) is 8.06. The molecular weight excluding hydrogens is 478 g/mol. The molecule has 0 saturated carbocycles. The van der Waals surface area contributed by atoms with Crippen molar-refractivity contribution in [3.63, 3.8) is 0 Å². The summed E-state index contributed by atoms with van der Waals surface area (Å²) in [5.74, 6) is -1.48. The van der Waals surface area contributed by atoms with E-state index in [0.29, 0.717) is 16.3 Å². The van der Waals surface area contributed by atoms with E-state index in [0.717, 1.165) is 21.1 Å². The van der Waals surface area contributed by atoms with Gasteiger partial charge in [0.25, 0.3) is 5.91 Å². The third-order valence-electron chi connectivity index (χ3n) is 5.93. The number of amides is 1. The summed E-state index contributed by atoms with van der Waals surface area (Å²) >= 11 is 2.72. The zero-order valence-corrected chi connectivity index (χ0v) is 21.1. The Hall–Kier alpha value is -3.75. The standard InChI is InChI=1S/C27H23N3O3S2/c1-16-25(35-26(28-16)17-8-5-4-6-9-17)23(31)21-22(20-10-7-15-34-20)30(27(33)24(21)32)19-13-11-18(12-14-19)29(2)3/h4-15,22,32H,1-3H3. The van der Waals surface area contributed by atoms with Gasteiger partial charge in [0.2, 0.25) is 5.78 Å². The van der Waals surface area contributed by atoms with Crippen molar-refractivity contribution in [2.75, 3.05) is 23.9 Å². The first-order valence-corrected chi connectivity index (χ1v) is 12.7. The Bertz CT molecular complexity index is 1420. The minimum Gasteiger partial charge on any atom is -0.503 e. The summed E-state index contributed by atoms with van der Waals surface area (Å²) < 4.78 is 0. The third kappa shape index (κ3) is 4.05. The molecule has 0 aliphatic carbocycles. The van der Waals surface area contributed by atoms with Crippen molar-refractivity contribution < 1.29 is 14.7 Å². The van der Waals surface area contributed by atoms with Gasteiger partial charge in [-0.2, -0.15) is 0 Å². The van der Waals surface area contributed by atoms with Gasteiger partial charge in [-0.25, -0.2) is 4.98 Å². The van der Waals surface area contributed by atoms with Crippen LogP contribution in [0.4, 0.5) is 11.4 Å². The van der Waals surface area contributed by atoms with Crippen LogP contribution in [0.1, 0.15) is 26.3 Å². The Morgan fingerprint density at radius 1 is 1.03 bits per heavy atom. The van der Waals surface area contributed by atoms with Gasteiger partial charge in [0.05, 0.1) is 16.1 Å². The number of rotatable bonds is 6. The van der Waals surface area contributed by atoms with Crippen LogP contribution in [-0.4, -0.2) is 35.9 Å². The van der Waals surface area contributed by atoms with Crippen molar-refractivity contribution >= 4 is 45.7 Å². The lowest BCUT2D eigenvalue weighted by atomic mass is 10.00. The van der Waals surface area contributed by atoms with Crippen LogP contribution in [0.2, 0.25) is 0 Å². The van der Waals surface area contributed by atoms with Gasteiger partial charge in [0, 0.05) is 35.9 Å². The molecule has 1 atom stereocenters. The number of hydrogen-bond donors (Lipinski definition) is 1. The van der Waals surface area contributed by atoms with Crippen molar-refractivity contribution in [2.24, 2.45) is 0 Å². The first-order chi connectivity index (χ1) is 16.9. The van der Waals surface area contributed by atoms with Gasteiger partial charge in [0.15, 0.2) is 5.76 Å². The molecule has 0 fully saturated rings. The smallest absolute Gasteiger partial charge is 0.294 e. The molecule has 1 unspecified atom stereocenters. The molecule has 1 amide bonds. The van der Waals surface area contributed by atoms with Gasteiger partial charge in [-0.05, 0) is 42.6 Å². The van der Waals surface area contributed by atoms with Crippen LogP contribution in [0, 0.1) is 6.92 Å². The minimum absolute atomic E-state index is 0.0838. The molecule has 0 radical (unpaired) electrons. The molecule has 3 heterocycles. The largest absolute Gasteiger partial charge is 0.503 e. The van der Waals surface area contributed by atoms with Crippen LogP contribution < -0.4 is 9.80 Å². The fraction of sp³-hybridized carbons (Fsp3) is 0.148. The SMILES string of the molecule is Cc1nc(-c2ccccc2)sc1C(=O)C1=C(O)C(=O)N(c2ccc(N(C)C)cc2)C1c1cccs1. The maximum atomic E-state index is 13.9. The van der Waals surface area contributed by atoms with Crippen LogP contribution in [0.5, 0.6) is 0 Å². The Morgan fingerprint density at radius 2 is 1.74 bits per heavy atom. The van der Waals surface area contributed by atoms with Crippen LogP contribution in [0.25, 0.3) is 10.6 Å². The summed E-state index contributed by atoms with van der Waals surface area (Å²) in [5.41, 5.74) is 3.17. The average Bonchev–Trinajstić information content (AvgIpc) is 3.59. The predicted molar refractivity (Wildman–Crippen MR) is 142 cm³/mol. The van der Waals surface area contributed by atoms with Gasteiger partial charge in [-0.15, -0.1) is 22.7 Å². The number of carbonyl (C=O) groups is 2. The highest BCUT2D eigenvalue weighted by Crippen LogP contribution is 2.44. The van der Waals surface area contributed by atoms with E-state index in [4.69, 9.17) is 0 Å². The molecular formula is C27H23N3O3S2. The Kier molecular flexibility index (Phi) is 6.00. The van der Waals surface area contributed by atoms with Gasteiger partial charge >= 0.3 is 0 Å². The van der Waals surface area contributed by atoms with Crippen LogP contribution in [0.15, 0.2) is 83.4 Å². The molecule has 0 spiro atoms. The van der Waals surface area contributed by atoms with Crippen molar-refractivity contribution in [3.05, 3.63) is 98.9 Å². The van der Waals surface area contributed by atoms with E-state index in [1.54, 1.807) is 6.92 Å². The van der Waals surface area contributed by atoms with E-state index in [1.807, 2.05) is 91.1 Å². The van der Waals surface area contributed by atoms with Crippen molar-refractivity contribution in [1.82, 2.24) is 4.98 Å². The molecule has 4 aromatic rings. The molecule has 176 valence electrons. The summed E-state index contributed by atoms with van der Waals surface area (Å²) in [6, 6.07) is 20.2. The van der Waals surface area contributed by atoms with E-state index >= 15 is 0 Å². The number of benzene rings is 2. The van der Waals surface area contributed by atoms with Gasteiger partial charge in [-0.1, -0.05) is 36.4 Å². The van der Waals surface area contributed by atoms with Crippen molar-refractivity contribution in [2.45, 2.75) is 13.0 Å². The van der Waals surface area contributed by atoms with Crippen LogP contribution in [-0.2, 0) is 4.79 Å². The molecule has 0 saturated heterocycles. The molecule has 1 N–H and O–H groups in total. The second-order valence-electron chi connectivity index (χ2n) is 8.39. The molecule has 1 aliphatic rings. The van der Waals surface area contributed by atoms with E-state index in [9.17, 15) is 14.7 Å². The molecule has 0 bridgehead atoms.